The second-order valence-corrected chi connectivity index (χ2v) is 11.8. The van der Waals surface area contributed by atoms with Crippen LogP contribution in [-0.2, 0) is 24.8 Å². The highest BCUT2D eigenvalue weighted by molar-refractivity contribution is 8.26. The van der Waals surface area contributed by atoms with E-state index in [0.717, 1.165) is 49.3 Å². The number of carbonyl (C=O) groups excluding carboxylic acids is 1. The summed E-state index contributed by atoms with van der Waals surface area (Å²) in [7, 11) is 1.71. The molecule has 0 atom stereocenters. The number of anilines is 1. The van der Waals surface area contributed by atoms with Crippen molar-refractivity contribution in [3.63, 3.8) is 0 Å². The number of thiocarbonyl (C=S) groups is 1. The summed E-state index contributed by atoms with van der Waals surface area (Å²) in [5.41, 5.74) is 3.46. The zero-order valence-electron chi connectivity index (χ0n) is 22.1. The average molecular weight is 555 g/mol. The van der Waals surface area contributed by atoms with Gasteiger partial charge in [-0.25, -0.2) is 0 Å². The number of nitriles is 1. The van der Waals surface area contributed by atoms with Crippen molar-refractivity contribution in [1.29, 1.82) is 5.26 Å². The molecule has 0 bridgehead atoms. The lowest BCUT2D eigenvalue weighted by Gasteiger charge is -2.36. The molecule has 0 saturated carbocycles. The molecule has 2 fully saturated rings. The highest BCUT2D eigenvalue weighted by atomic mass is 32.2. The second-order valence-electron chi connectivity index (χ2n) is 10.1. The summed E-state index contributed by atoms with van der Waals surface area (Å²) < 4.78 is 2.07. The van der Waals surface area contributed by atoms with E-state index >= 15 is 0 Å². The molecule has 5 rings (SSSR count). The van der Waals surface area contributed by atoms with Crippen molar-refractivity contribution < 1.29 is 4.79 Å². The minimum Gasteiger partial charge on any atom is -0.357 e. The molecule has 6 nitrogen and oxygen atoms in total. The van der Waals surface area contributed by atoms with Crippen LogP contribution < -0.4 is 10.5 Å². The molecule has 39 heavy (non-hydrogen) atoms. The highest BCUT2D eigenvalue weighted by Crippen LogP contribution is 2.37. The zero-order valence-corrected chi connectivity index (χ0v) is 23.7. The molecule has 2 aliphatic rings. The molecule has 0 spiro atoms. The summed E-state index contributed by atoms with van der Waals surface area (Å²) in [6, 6.07) is 22.4. The molecule has 1 aromatic heterocycles. The highest BCUT2D eigenvalue weighted by Gasteiger charge is 2.33. The molecule has 3 aromatic rings. The Morgan fingerprint density at radius 3 is 2.26 bits per heavy atom. The van der Waals surface area contributed by atoms with Gasteiger partial charge in [0.15, 0.2) is 0 Å². The third-order valence-electron chi connectivity index (χ3n) is 7.58. The van der Waals surface area contributed by atoms with Crippen LogP contribution >= 0.6 is 24.0 Å². The molecule has 2 saturated heterocycles. The van der Waals surface area contributed by atoms with Crippen molar-refractivity contribution in [2.75, 3.05) is 18.0 Å². The number of carbonyl (C=O) groups is 1. The topological polar surface area (TPSA) is 69.3 Å². The Balaban J connectivity index is 1.45. The van der Waals surface area contributed by atoms with Crippen molar-refractivity contribution >= 4 is 46.1 Å². The van der Waals surface area contributed by atoms with E-state index in [1.165, 1.54) is 17.3 Å². The van der Waals surface area contributed by atoms with Gasteiger partial charge in [-0.2, -0.15) is 5.26 Å². The Morgan fingerprint density at radius 1 is 1.03 bits per heavy atom. The molecule has 1 amide bonds. The van der Waals surface area contributed by atoms with Crippen LogP contribution in [-0.4, -0.2) is 32.8 Å². The van der Waals surface area contributed by atoms with Crippen LogP contribution in [0.4, 0.5) is 5.82 Å². The number of aromatic nitrogens is 1. The second kappa shape index (κ2) is 11.6. The molecule has 0 unspecified atom stereocenters. The van der Waals surface area contributed by atoms with E-state index in [4.69, 9.17) is 12.2 Å². The SMILES string of the molecule is Cc1c(/C=C2/SC(=S)N(Cc3ccccc3)C2=O)c(N2CCC(Cc3ccccc3)CC2)n(C)c(=O)c1C#N. The van der Waals surface area contributed by atoms with Gasteiger partial charge in [0, 0.05) is 25.7 Å². The minimum atomic E-state index is -0.315. The molecule has 0 N–H and O–H groups in total. The average Bonchev–Trinajstić information content (AvgIpc) is 3.21. The number of pyridine rings is 1. The van der Waals surface area contributed by atoms with Crippen molar-refractivity contribution in [3.8, 4) is 6.07 Å². The van der Waals surface area contributed by atoms with Crippen LogP contribution in [0.5, 0.6) is 0 Å². The van der Waals surface area contributed by atoms with E-state index in [2.05, 4.69) is 35.2 Å². The van der Waals surface area contributed by atoms with Gasteiger partial charge in [0.05, 0.1) is 11.4 Å². The number of benzene rings is 2. The van der Waals surface area contributed by atoms with Gasteiger partial charge in [0.2, 0.25) is 0 Å². The summed E-state index contributed by atoms with van der Waals surface area (Å²) in [6.07, 6.45) is 4.86. The summed E-state index contributed by atoms with van der Waals surface area (Å²) in [6.45, 7) is 3.79. The van der Waals surface area contributed by atoms with E-state index in [1.807, 2.05) is 42.5 Å². The number of amides is 1. The van der Waals surface area contributed by atoms with Crippen LogP contribution in [0.2, 0.25) is 0 Å². The number of thioether (sulfide) groups is 1. The third-order valence-corrected chi connectivity index (χ3v) is 8.96. The lowest BCUT2D eigenvalue weighted by Crippen LogP contribution is -2.39. The van der Waals surface area contributed by atoms with Gasteiger partial charge >= 0.3 is 0 Å². The van der Waals surface area contributed by atoms with Crippen LogP contribution in [0.25, 0.3) is 6.08 Å². The van der Waals surface area contributed by atoms with Crippen LogP contribution in [0.3, 0.4) is 0 Å². The summed E-state index contributed by atoms with van der Waals surface area (Å²) in [5.74, 6) is 1.16. The summed E-state index contributed by atoms with van der Waals surface area (Å²) in [4.78, 5) is 30.9. The van der Waals surface area contributed by atoms with Crippen LogP contribution in [0.1, 0.15) is 40.7 Å². The molecule has 3 heterocycles. The van der Waals surface area contributed by atoms with Gasteiger partial charge in [0.25, 0.3) is 11.5 Å². The lowest BCUT2D eigenvalue weighted by atomic mass is 9.90. The van der Waals surface area contributed by atoms with Gasteiger partial charge in [-0.15, -0.1) is 0 Å². The molecule has 2 aliphatic heterocycles. The van der Waals surface area contributed by atoms with Gasteiger partial charge in [0.1, 0.15) is 21.8 Å². The fourth-order valence-electron chi connectivity index (χ4n) is 5.42. The molecular formula is C31H30N4O2S2. The maximum absolute atomic E-state index is 13.4. The Bertz CT molecular complexity index is 1530. The van der Waals surface area contributed by atoms with E-state index < -0.39 is 0 Å². The first-order chi connectivity index (χ1) is 18.9. The largest absolute Gasteiger partial charge is 0.357 e. The van der Waals surface area contributed by atoms with Crippen molar-refractivity contribution in [2.45, 2.75) is 32.7 Å². The number of hydrogen-bond donors (Lipinski definition) is 0. The fraction of sp³-hybridized carbons (Fsp3) is 0.290. The Hall–Kier alpha value is -3.67. The minimum absolute atomic E-state index is 0.103. The van der Waals surface area contributed by atoms with Crippen LogP contribution in [0.15, 0.2) is 70.4 Å². The van der Waals surface area contributed by atoms with Crippen molar-refractivity contribution in [2.24, 2.45) is 13.0 Å². The lowest BCUT2D eigenvalue weighted by molar-refractivity contribution is -0.122. The van der Waals surface area contributed by atoms with Gasteiger partial charge in [-0.1, -0.05) is 84.6 Å². The molecule has 0 aliphatic carbocycles. The monoisotopic (exact) mass is 554 g/mol. The van der Waals surface area contributed by atoms with Crippen LogP contribution in [0, 0.1) is 24.2 Å². The van der Waals surface area contributed by atoms with Gasteiger partial charge in [-0.3, -0.25) is 19.1 Å². The first kappa shape index (κ1) is 26.9. The molecule has 8 heteroatoms. The molecule has 198 valence electrons. The summed E-state index contributed by atoms with van der Waals surface area (Å²) in [5, 5.41) is 9.79. The fourth-order valence-corrected chi connectivity index (χ4v) is 6.66. The van der Waals surface area contributed by atoms with E-state index in [1.54, 1.807) is 23.4 Å². The van der Waals surface area contributed by atoms with Crippen molar-refractivity contribution in [3.05, 3.63) is 104 Å². The van der Waals surface area contributed by atoms with E-state index in [0.29, 0.717) is 27.3 Å². The first-order valence-corrected chi connectivity index (χ1v) is 14.3. The Morgan fingerprint density at radius 2 is 1.64 bits per heavy atom. The summed E-state index contributed by atoms with van der Waals surface area (Å²) >= 11 is 6.84. The zero-order chi connectivity index (χ0) is 27.5. The predicted molar refractivity (Wildman–Crippen MR) is 161 cm³/mol. The quantitative estimate of drug-likeness (QED) is 0.299. The number of hydrogen-bond acceptors (Lipinski definition) is 6. The third kappa shape index (κ3) is 5.56. The predicted octanol–water partition coefficient (Wildman–Crippen LogP) is 5.43. The maximum atomic E-state index is 13.4. The van der Waals surface area contributed by atoms with Gasteiger partial charge in [-0.05, 0) is 54.9 Å². The van der Waals surface area contributed by atoms with E-state index in [-0.39, 0.29) is 17.0 Å². The Labute approximate surface area is 238 Å². The maximum Gasteiger partial charge on any atom is 0.270 e. The van der Waals surface area contributed by atoms with Gasteiger partial charge < -0.3 is 4.90 Å². The molecular weight excluding hydrogens is 525 g/mol. The number of nitrogens with zero attached hydrogens (tertiary/aromatic N) is 4. The normalized spacial score (nSPS) is 17.2. The van der Waals surface area contributed by atoms with E-state index in [9.17, 15) is 14.9 Å². The number of rotatable bonds is 6. The first-order valence-electron chi connectivity index (χ1n) is 13.1. The standard InChI is InChI=1S/C31H30N4O2S2/c1-21-25(18-27-30(37)35(31(38)39-27)20-24-11-7-4-8-12-24)28(33(2)29(36)26(21)19-32)34-15-13-23(14-16-34)17-22-9-5-3-6-10-22/h3-12,18,23H,13-17,20H2,1-2H3/b27-18+. The Kier molecular flexibility index (Phi) is 8.01. The number of piperidine rings is 1. The smallest absolute Gasteiger partial charge is 0.270 e. The molecule has 2 aromatic carbocycles. The molecule has 0 radical (unpaired) electrons. The van der Waals surface area contributed by atoms with Crippen molar-refractivity contribution in [1.82, 2.24) is 9.47 Å².